The Labute approximate surface area is 211 Å². The number of aryl methyl sites for hydroxylation is 4. The molecule has 0 spiro atoms. The van der Waals surface area contributed by atoms with Gasteiger partial charge in [0.1, 0.15) is 0 Å². The Morgan fingerprint density at radius 2 is 1.35 bits per heavy atom. The number of carboxylic acids is 1. The lowest BCUT2D eigenvalue weighted by atomic mass is 9.84. The van der Waals surface area contributed by atoms with Crippen LogP contribution in [0, 0.1) is 34.6 Å². The van der Waals surface area contributed by atoms with E-state index in [4.69, 9.17) is 10.5 Å². The van der Waals surface area contributed by atoms with Gasteiger partial charge in [-0.2, -0.15) is 0 Å². The molecule has 3 aromatic carbocycles. The molecule has 0 bridgehead atoms. The molecular weight excluding hydrogens is 490 g/mol. The van der Waals surface area contributed by atoms with Crippen molar-refractivity contribution >= 4 is 27.6 Å². The number of carboxylic acid groups (broad SMARTS) is 1. The number of ether oxygens (including phenoxy) is 1. The van der Waals surface area contributed by atoms with Crippen molar-refractivity contribution < 1.29 is 14.6 Å². The number of rotatable bonds is 5. The largest absolute Gasteiger partial charge is 0.479 e. The van der Waals surface area contributed by atoms with Crippen LogP contribution in [-0.2, 0) is 9.53 Å². The van der Waals surface area contributed by atoms with Crippen molar-refractivity contribution in [2.24, 2.45) is 0 Å². The molecule has 3 rings (SSSR count). The Balaban J connectivity index is 2.47. The second-order valence-corrected chi connectivity index (χ2v) is 10.9. The van der Waals surface area contributed by atoms with Crippen LogP contribution in [0.3, 0.4) is 0 Å². The number of nitrogen functional groups attached to an aromatic ring is 1. The maximum atomic E-state index is 12.5. The van der Waals surface area contributed by atoms with Gasteiger partial charge in [-0.1, -0.05) is 36.4 Å². The van der Waals surface area contributed by atoms with Crippen molar-refractivity contribution in [1.29, 1.82) is 0 Å². The number of carbonyl (C=O) groups is 1. The fourth-order valence-electron chi connectivity index (χ4n) is 4.26. The van der Waals surface area contributed by atoms with Crippen LogP contribution in [0.25, 0.3) is 22.3 Å². The second-order valence-electron chi connectivity index (χ2n) is 10.1. The zero-order valence-corrected chi connectivity index (χ0v) is 22.8. The summed E-state index contributed by atoms with van der Waals surface area (Å²) in [6.45, 7) is 15.9. The zero-order valence-electron chi connectivity index (χ0n) is 21.3. The number of aliphatic carboxylic acids is 1. The lowest BCUT2D eigenvalue weighted by Gasteiger charge is -2.30. The Morgan fingerprint density at radius 3 is 1.76 bits per heavy atom. The molecule has 0 aliphatic carbocycles. The monoisotopic (exact) mass is 523 g/mol. The average molecular weight is 524 g/mol. The SMILES string of the molecule is Cc1ccc(-c2c(C)c(-c3ccc(C)c(C)c3)c(C(OC(C)(C)C)C(=O)O)c(Br)c2N)cc1C. The number of benzene rings is 3. The first-order valence-electron chi connectivity index (χ1n) is 11.4. The molecule has 34 heavy (non-hydrogen) atoms. The van der Waals surface area contributed by atoms with Crippen LogP contribution in [0.4, 0.5) is 5.69 Å². The van der Waals surface area contributed by atoms with Crippen LogP contribution in [0.5, 0.6) is 0 Å². The third-order valence-electron chi connectivity index (χ3n) is 6.31. The van der Waals surface area contributed by atoms with E-state index in [1.165, 1.54) is 16.7 Å². The summed E-state index contributed by atoms with van der Waals surface area (Å²) in [5, 5.41) is 10.2. The Bertz CT molecular complexity index is 1270. The molecule has 0 saturated carbocycles. The van der Waals surface area contributed by atoms with Gasteiger partial charge in [0.2, 0.25) is 0 Å². The van der Waals surface area contributed by atoms with E-state index in [9.17, 15) is 9.90 Å². The van der Waals surface area contributed by atoms with Crippen LogP contribution in [0.1, 0.15) is 60.3 Å². The molecule has 0 radical (unpaired) electrons. The minimum atomic E-state index is -1.19. The standard InChI is InChI=1S/C29H34BrNO3/c1-15-9-11-20(13-17(15)3)22-19(5)23(21-12-10-16(2)18(4)14-21)26(31)25(30)24(22)27(28(32)33)34-29(6,7)8/h9-14,27H,31H2,1-8H3,(H,32,33). The van der Waals surface area contributed by atoms with Crippen LogP contribution >= 0.6 is 15.9 Å². The van der Waals surface area contributed by atoms with E-state index in [0.717, 1.165) is 33.4 Å². The van der Waals surface area contributed by atoms with E-state index < -0.39 is 17.7 Å². The predicted octanol–water partition coefficient (Wildman–Crippen LogP) is 7.85. The fraction of sp³-hybridized carbons (Fsp3) is 0.345. The van der Waals surface area contributed by atoms with Gasteiger partial charge in [0.15, 0.2) is 6.10 Å². The van der Waals surface area contributed by atoms with Gasteiger partial charge in [-0.05, 0) is 116 Å². The molecule has 0 amide bonds. The molecule has 0 aliphatic rings. The van der Waals surface area contributed by atoms with Crippen molar-refractivity contribution in [3.8, 4) is 22.3 Å². The van der Waals surface area contributed by atoms with E-state index in [-0.39, 0.29) is 0 Å². The molecule has 3 N–H and O–H groups in total. The minimum absolute atomic E-state index is 0.507. The molecule has 3 aromatic rings. The van der Waals surface area contributed by atoms with Gasteiger partial charge in [0.05, 0.1) is 11.3 Å². The minimum Gasteiger partial charge on any atom is -0.479 e. The molecule has 0 heterocycles. The van der Waals surface area contributed by atoms with Crippen LogP contribution < -0.4 is 5.73 Å². The molecule has 0 aliphatic heterocycles. The molecule has 0 fully saturated rings. The van der Waals surface area contributed by atoms with Gasteiger partial charge >= 0.3 is 5.97 Å². The normalized spacial score (nSPS) is 12.6. The van der Waals surface area contributed by atoms with Crippen molar-refractivity contribution in [3.63, 3.8) is 0 Å². The van der Waals surface area contributed by atoms with E-state index in [2.05, 4.69) is 74.0 Å². The first kappa shape index (κ1) is 26.0. The Morgan fingerprint density at radius 1 is 0.882 bits per heavy atom. The van der Waals surface area contributed by atoms with Crippen molar-refractivity contribution in [1.82, 2.24) is 0 Å². The summed E-state index contributed by atoms with van der Waals surface area (Å²) < 4.78 is 6.64. The molecule has 4 nitrogen and oxygen atoms in total. The Kier molecular flexibility index (Phi) is 7.30. The van der Waals surface area contributed by atoms with Crippen LogP contribution in [-0.4, -0.2) is 16.7 Å². The highest BCUT2D eigenvalue weighted by atomic mass is 79.9. The Hall–Kier alpha value is -2.63. The van der Waals surface area contributed by atoms with E-state index in [1.54, 1.807) is 0 Å². The van der Waals surface area contributed by atoms with Gasteiger partial charge in [-0.15, -0.1) is 0 Å². The number of hydrogen-bond acceptors (Lipinski definition) is 3. The molecule has 0 saturated heterocycles. The smallest absolute Gasteiger partial charge is 0.337 e. The van der Waals surface area contributed by atoms with E-state index >= 15 is 0 Å². The third-order valence-corrected chi connectivity index (χ3v) is 7.17. The highest BCUT2D eigenvalue weighted by Gasteiger charge is 2.34. The van der Waals surface area contributed by atoms with Crippen LogP contribution in [0.2, 0.25) is 0 Å². The summed E-state index contributed by atoms with van der Waals surface area (Å²) in [5.41, 5.74) is 16.3. The highest BCUT2D eigenvalue weighted by molar-refractivity contribution is 9.10. The average Bonchev–Trinajstić information content (AvgIpc) is 2.73. The number of halogens is 1. The predicted molar refractivity (Wildman–Crippen MR) is 144 cm³/mol. The molecule has 1 atom stereocenters. The topological polar surface area (TPSA) is 72.5 Å². The molecule has 180 valence electrons. The number of hydrogen-bond donors (Lipinski definition) is 2. The van der Waals surface area contributed by atoms with Gasteiger partial charge in [0, 0.05) is 15.6 Å². The van der Waals surface area contributed by atoms with Gasteiger partial charge in [0.25, 0.3) is 0 Å². The summed E-state index contributed by atoms with van der Waals surface area (Å²) in [7, 11) is 0. The summed E-state index contributed by atoms with van der Waals surface area (Å²) in [4.78, 5) is 12.5. The molecule has 5 heteroatoms. The first-order valence-corrected chi connectivity index (χ1v) is 12.2. The van der Waals surface area contributed by atoms with E-state index in [1.807, 2.05) is 33.8 Å². The summed E-state index contributed by atoms with van der Waals surface area (Å²) in [6.07, 6.45) is -1.19. The molecule has 0 aromatic heterocycles. The summed E-state index contributed by atoms with van der Waals surface area (Å²) in [6, 6.07) is 12.5. The maximum absolute atomic E-state index is 12.5. The van der Waals surface area contributed by atoms with Gasteiger partial charge < -0.3 is 15.6 Å². The van der Waals surface area contributed by atoms with Crippen molar-refractivity contribution in [3.05, 3.63) is 74.3 Å². The maximum Gasteiger partial charge on any atom is 0.337 e. The highest BCUT2D eigenvalue weighted by Crippen LogP contribution is 2.48. The zero-order chi connectivity index (χ0) is 25.5. The summed E-state index contributed by atoms with van der Waals surface area (Å²) in [5.74, 6) is -1.06. The quantitative estimate of drug-likeness (QED) is 0.334. The fourth-order valence-corrected chi connectivity index (χ4v) is 4.87. The van der Waals surface area contributed by atoms with Crippen LogP contribution in [0.15, 0.2) is 40.9 Å². The second kappa shape index (κ2) is 9.55. The van der Waals surface area contributed by atoms with E-state index in [0.29, 0.717) is 15.7 Å². The molecule has 1 unspecified atom stereocenters. The van der Waals surface area contributed by atoms with Gasteiger partial charge in [-0.25, -0.2) is 4.79 Å². The lowest BCUT2D eigenvalue weighted by molar-refractivity contribution is -0.160. The van der Waals surface area contributed by atoms with Crippen molar-refractivity contribution in [2.75, 3.05) is 5.73 Å². The third kappa shape index (κ3) is 5.06. The number of nitrogens with two attached hydrogens (primary N) is 1. The van der Waals surface area contributed by atoms with Gasteiger partial charge in [-0.3, -0.25) is 0 Å². The summed E-state index contributed by atoms with van der Waals surface area (Å²) >= 11 is 3.68. The first-order chi connectivity index (χ1) is 15.7. The lowest BCUT2D eigenvalue weighted by Crippen LogP contribution is -2.28. The number of anilines is 1. The molecular formula is C29H34BrNO3. The van der Waals surface area contributed by atoms with Crippen molar-refractivity contribution in [2.45, 2.75) is 67.1 Å².